The number of hydrogen-bond donors (Lipinski definition) is 1. The second-order valence-electron chi connectivity index (χ2n) is 9.93. The second kappa shape index (κ2) is 10.6. The lowest BCUT2D eigenvalue weighted by atomic mass is 9.72. The van der Waals surface area contributed by atoms with Crippen molar-refractivity contribution in [2.45, 2.75) is 64.8 Å². The van der Waals surface area contributed by atoms with Gasteiger partial charge in [0.15, 0.2) is 0 Å². The van der Waals surface area contributed by atoms with Crippen LogP contribution in [0.15, 0.2) is 64.6 Å². The van der Waals surface area contributed by atoms with E-state index in [0.29, 0.717) is 5.92 Å². The van der Waals surface area contributed by atoms with Gasteiger partial charge in [-0.3, -0.25) is 4.79 Å². The minimum atomic E-state index is -3.85. The van der Waals surface area contributed by atoms with Gasteiger partial charge in [0.05, 0.1) is 11.4 Å². The summed E-state index contributed by atoms with van der Waals surface area (Å²) >= 11 is 0. The predicted octanol–water partition coefficient (Wildman–Crippen LogP) is 4.89. The van der Waals surface area contributed by atoms with Gasteiger partial charge in [-0.1, -0.05) is 68.8 Å². The molecule has 1 aliphatic carbocycles. The zero-order chi connectivity index (χ0) is 24.1. The van der Waals surface area contributed by atoms with E-state index in [0.717, 1.165) is 42.5 Å². The number of nitrogens with one attached hydrogen (secondary N) is 1. The second-order valence-corrected chi connectivity index (χ2v) is 11.9. The Labute approximate surface area is 198 Å². The maximum atomic E-state index is 13.3. The summed E-state index contributed by atoms with van der Waals surface area (Å²) in [5, 5.41) is 4.32. The predicted molar refractivity (Wildman–Crippen MR) is 132 cm³/mol. The minimum absolute atomic E-state index is 0.105. The van der Waals surface area contributed by atoms with Crippen molar-refractivity contribution in [3.63, 3.8) is 0 Å². The Morgan fingerprint density at radius 1 is 1.03 bits per heavy atom. The molecule has 0 spiro atoms. The molecule has 1 aliphatic rings. The fourth-order valence-electron chi connectivity index (χ4n) is 4.14. The van der Waals surface area contributed by atoms with E-state index >= 15 is 0 Å². The van der Waals surface area contributed by atoms with E-state index in [1.54, 1.807) is 24.3 Å². The molecule has 0 unspecified atom stereocenters. The van der Waals surface area contributed by atoms with E-state index in [9.17, 15) is 13.2 Å². The standard InChI is InChI=1S/C26H35N3O3S/c1-20-10-16-24(17-11-20)33(31,32)29(18-21-8-6-5-7-9-21)19-25(30)28-27-23-14-12-22(13-15-23)26(2,3)4/h5-11,16-17,22H,12-15,18-19H2,1-4H3,(H,28,30). The number of aryl methyl sites for hydroxylation is 1. The lowest BCUT2D eigenvalue weighted by molar-refractivity contribution is -0.121. The first-order valence-electron chi connectivity index (χ1n) is 11.5. The summed E-state index contributed by atoms with van der Waals surface area (Å²) in [6.07, 6.45) is 3.83. The van der Waals surface area contributed by atoms with Crippen molar-refractivity contribution in [3.8, 4) is 0 Å². The van der Waals surface area contributed by atoms with Crippen LogP contribution in [0.4, 0.5) is 0 Å². The molecule has 0 heterocycles. The molecular weight excluding hydrogens is 434 g/mol. The average molecular weight is 470 g/mol. The first-order valence-corrected chi connectivity index (χ1v) is 12.9. The van der Waals surface area contributed by atoms with Crippen molar-refractivity contribution in [1.82, 2.24) is 9.73 Å². The highest BCUT2D eigenvalue weighted by Crippen LogP contribution is 2.36. The number of carbonyl (C=O) groups excluding carboxylic acids is 1. The maximum absolute atomic E-state index is 13.3. The minimum Gasteiger partial charge on any atom is -0.272 e. The lowest BCUT2D eigenvalue weighted by Crippen LogP contribution is -2.39. The molecule has 178 valence electrons. The number of carbonyl (C=O) groups is 1. The number of hydrazone groups is 1. The van der Waals surface area contributed by atoms with Gasteiger partial charge < -0.3 is 0 Å². The highest BCUT2D eigenvalue weighted by molar-refractivity contribution is 7.89. The molecule has 7 heteroatoms. The molecular formula is C26H35N3O3S. The molecule has 6 nitrogen and oxygen atoms in total. The molecule has 1 saturated carbocycles. The largest absolute Gasteiger partial charge is 0.272 e. The van der Waals surface area contributed by atoms with Gasteiger partial charge in [0.2, 0.25) is 10.0 Å². The summed E-state index contributed by atoms with van der Waals surface area (Å²) in [6.45, 7) is 8.49. The van der Waals surface area contributed by atoms with E-state index in [1.807, 2.05) is 37.3 Å². The molecule has 3 rings (SSSR count). The van der Waals surface area contributed by atoms with Crippen LogP contribution in [0.1, 0.15) is 57.6 Å². The van der Waals surface area contributed by atoms with Gasteiger partial charge in [-0.25, -0.2) is 13.8 Å². The molecule has 1 amide bonds. The number of sulfonamides is 1. The van der Waals surface area contributed by atoms with E-state index < -0.39 is 15.9 Å². The van der Waals surface area contributed by atoms with Crippen LogP contribution in [0.25, 0.3) is 0 Å². The Kier molecular flexibility index (Phi) is 8.08. The van der Waals surface area contributed by atoms with Gasteiger partial charge in [0.1, 0.15) is 0 Å². The Balaban J connectivity index is 1.71. The van der Waals surface area contributed by atoms with Crippen molar-refractivity contribution in [3.05, 3.63) is 65.7 Å². The van der Waals surface area contributed by atoms with Crippen LogP contribution >= 0.6 is 0 Å². The molecule has 1 N–H and O–H groups in total. The Hall–Kier alpha value is -2.51. The third-order valence-electron chi connectivity index (χ3n) is 6.31. The zero-order valence-corrected chi connectivity index (χ0v) is 20.9. The summed E-state index contributed by atoms with van der Waals surface area (Å²) in [4.78, 5) is 12.9. The van der Waals surface area contributed by atoms with E-state index in [1.165, 1.54) is 4.31 Å². The van der Waals surface area contributed by atoms with Crippen LogP contribution in [-0.2, 0) is 21.4 Å². The van der Waals surface area contributed by atoms with Crippen LogP contribution in [-0.4, -0.2) is 30.9 Å². The van der Waals surface area contributed by atoms with E-state index in [4.69, 9.17) is 0 Å². The zero-order valence-electron chi connectivity index (χ0n) is 20.0. The fourth-order valence-corrected chi connectivity index (χ4v) is 5.52. The highest BCUT2D eigenvalue weighted by Gasteiger charge is 2.29. The number of amides is 1. The number of hydrogen-bond acceptors (Lipinski definition) is 4. The van der Waals surface area contributed by atoms with E-state index in [2.05, 4.69) is 31.3 Å². The van der Waals surface area contributed by atoms with Gasteiger partial charge in [0, 0.05) is 12.3 Å². The van der Waals surface area contributed by atoms with E-state index in [-0.39, 0.29) is 23.4 Å². The van der Waals surface area contributed by atoms with Crippen LogP contribution in [0.2, 0.25) is 0 Å². The summed E-state index contributed by atoms with van der Waals surface area (Å²) in [5.41, 5.74) is 5.63. The molecule has 0 aromatic heterocycles. The van der Waals surface area contributed by atoms with Crippen molar-refractivity contribution >= 4 is 21.6 Å². The average Bonchev–Trinajstić information content (AvgIpc) is 2.78. The molecule has 2 aromatic rings. The SMILES string of the molecule is Cc1ccc(S(=O)(=O)N(CC(=O)NN=C2CCC(C(C)(C)C)CC2)Cc2ccccc2)cc1. The third-order valence-corrected chi connectivity index (χ3v) is 8.11. The van der Waals surface area contributed by atoms with Gasteiger partial charge in [0.25, 0.3) is 5.91 Å². The van der Waals surface area contributed by atoms with Crippen molar-refractivity contribution in [2.75, 3.05) is 6.54 Å². The lowest BCUT2D eigenvalue weighted by Gasteiger charge is -2.34. The third kappa shape index (κ3) is 6.98. The molecule has 0 saturated heterocycles. The molecule has 0 aliphatic heterocycles. The Morgan fingerprint density at radius 3 is 2.21 bits per heavy atom. The van der Waals surface area contributed by atoms with Crippen LogP contribution < -0.4 is 5.43 Å². The first-order chi connectivity index (χ1) is 15.6. The first kappa shape index (κ1) is 25.1. The summed E-state index contributed by atoms with van der Waals surface area (Å²) in [5.74, 6) is 0.209. The van der Waals surface area contributed by atoms with Crippen LogP contribution in [0.3, 0.4) is 0 Å². The normalized spacial score (nSPS) is 17.1. The molecule has 1 fully saturated rings. The van der Waals surface area contributed by atoms with Crippen molar-refractivity contribution in [1.29, 1.82) is 0 Å². The van der Waals surface area contributed by atoms with Gasteiger partial charge in [-0.05, 0) is 61.6 Å². The molecule has 33 heavy (non-hydrogen) atoms. The molecule has 0 atom stereocenters. The van der Waals surface area contributed by atoms with Crippen LogP contribution in [0.5, 0.6) is 0 Å². The quantitative estimate of drug-likeness (QED) is 0.586. The van der Waals surface area contributed by atoms with Crippen molar-refractivity contribution in [2.24, 2.45) is 16.4 Å². The topological polar surface area (TPSA) is 78.8 Å². The fraction of sp³-hybridized carbons (Fsp3) is 0.462. The number of nitrogens with zero attached hydrogens (tertiary/aromatic N) is 2. The van der Waals surface area contributed by atoms with Crippen LogP contribution in [0, 0.1) is 18.3 Å². The maximum Gasteiger partial charge on any atom is 0.255 e. The summed E-state index contributed by atoms with van der Waals surface area (Å²) in [7, 11) is -3.85. The number of benzene rings is 2. The molecule has 0 bridgehead atoms. The Morgan fingerprint density at radius 2 is 1.64 bits per heavy atom. The van der Waals surface area contributed by atoms with Crippen molar-refractivity contribution < 1.29 is 13.2 Å². The molecule has 0 radical (unpaired) electrons. The number of rotatable bonds is 7. The van der Waals surface area contributed by atoms with Gasteiger partial charge >= 0.3 is 0 Å². The summed E-state index contributed by atoms with van der Waals surface area (Å²) in [6, 6.07) is 16.0. The highest BCUT2D eigenvalue weighted by atomic mass is 32.2. The smallest absolute Gasteiger partial charge is 0.255 e. The van der Waals surface area contributed by atoms with Gasteiger partial charge in [-0.2, -0.15) is 9.41 Å². The molecule has 2 aromatic carbocycles. The van der Waals surface area contributed by atoms with Gasteiger partial charge in [-0.15, -0.1) is 0 Å². The summed E-state index contributed by atoms with van der Waals surface area (Å²) < 4.78 is 27.9. The Bertz CT molecular complexity index is 1060. The monoisotopic (exact) mass is 469 g/mol.